The standard InChI is InChI=1S/C16H31N5O.HI/c1-4-7-18-16(17-3)21-12-10-19(11-13-21)14(2)15(22)20-8-5-6-9-20;/h14H,4-13H2,1-3H3,(H,17,18);1H. The molecule has 0 spiro atoms. The predicted molar refractivity (Wildman–Crippen MR) is 105 cm³/mol. The Morgan fingerprint density at radius 2 is 1.70 bits per heavy atom. The molecule has 0 radical (unpaired) electrons. The number of likely N-dealkylation sites (tertiary alicyclic amines) is 1. The van der Waals surface area contributed by atoms with Crippen LogP contribution in [0.15, 0.2) is 4.99 Å². The van der Waals surface area contributed by atoms with Crippen LogP contribution in [0.5, 0.6) is 0 Å². The Hall–Kier alpha value is -0.570. The number of nitrogens with zero attached hydrogens (tertiary/aromatic N) is 4. The summed E-state index contributed by atoms with van der Waals surface area (Å²) in [5.41, 5.74) is 0. The average Bonchev–Trinajstić information content (AvgIpc) is 3.09. The molecule has 2 aliphatic heterocycles. The van der Waals surface area contributed by atoms with Crippen molar-refractivity contribution < 1.29 is 4.79 Å². The number of carbonyl (C=O) groups excluding carboxylic acids is 1. The van der Waals surface area contributed by atoms with E-state index in [0.29, 0.717) is 5.91 Å². The molecule has 0 aromatic rings. The molecule has 1 amide bonds. The van der Waals surface area contributed by atoms with Crippen LogP contribution in [0.4, 0.5) is 0 Å². The average molecular weight is 437 g/mol. The number of hydrogen-bond donors (Lipinski definition) is 1. The van der Waals surface area contributed by atoms with Crippen LogP contribution in [-0.4, -0.2) is 85.5 Å². The monoisotopic (exact) mass is 437 g/mol. The summed E-state index contributed by atoms with van der Waals surface area (Å²) < 4.78 is 0. The number of carbonyl (C=O) groups is 1. The van der Waals surface area contributed by atoms with Gasteiger partial charge in [-0.15, -0.1) is 24.0 Å². The molecule has 23 heavy (non-hydrogen) atoms. The van der Waals surface area contributed by atoms with Gasteiger partial charge in [0.25, 0.3) is 0 Å². The van der Waals surface area contributed by atoms with Crippen molar-refractivity contribution in [2.24, 2.45) is 4.99 Å². The number of aliphatic imine (C=N–C) groups is 1. The van der Waals surface area contributed by atoms with Gasteiger partial charge in [0.2, 0.25) is 5.91 Å². The van der Waals surface area contributed by atoms with Gasteiger partial charge in [0.15, 0.2) is 5.96 Å². The summed E-state index contributed by atoms with van der Waals surface area (Å²) in [4.78, 5) is 23.5. The fourth-order valence-electron chi connectivity index (χ4n) is 3.25. The second-order valence-electron chi connectivity index (χ2n) is 6.21. The number of hydrogen-bond acceptors (Lipinski definition) is 3. The van der Waals surface area contributed by atoms with E-state index in [4.69, 9.17) is 0 Å². The predicted octanol–water partition coefficient (Wildman–Crippen LogP) is 1.22. The van der Waals surface area contributed by atoms with E-state index in [1.807, 2.05) is 11.9 Å². The van der Waals surface area contributed by atoms with E-state index >= 15 is 0 Å². The molecule has 0 bridgehead atoms. The Morgan fingerprint density at radius 1 is 1.09 bits per heavy atom. The van der Waals surface area contributed by atoms with Gasteiger partial charge in [0, 0.05) is 52.9 Å². The number of piperazine rings is 1. The van der Waals surface area contributed by atoms with Crippen molar-refractivity contribution in [3.63, 3.8) is 0 Å². The molecular weight excluding hydrogens is 405 g/mol. The maximum absolute atomic E-state index is 12.5. The molecule has 1 N–H and O–H groups in total. The lowest BCUT2D eigenvalue weighted by Gasteiger charge is -2.39. The highest BCUT2D eigenvalue weighted by Crippen LogP contribution is 2.14. The maximum atomic E-state index is 12.5. The fourth-order valence-corrected chi connectivity index (χ4v) is 3.25. The minimum absolute atomic E-state index is 0. The van der Waals surface area contributed by atoms with E-state index in [-0.39, 0.29) is 30.0 Å². The quantitative estimate of drug-likeness (QED) is 0.408. The summed E-state index contributed by atoms with van der Waals surface area (Å²) in [7, 11) is 1.84. The third-order valence-corrected chi connectivity index (χ3v) is 4.68. The zero-order valence-corrected chi connectivity index (χ0v) is 17.1. The van der Waals surface area contributed by atoms with Gasteiger partial charge in [-0.25, -0.2) is 0 Å². The highest BCUT2D eigenvalue weighted by atomic mass is 127. The topological polar surface area (TPSA) is 51.2 Å². The van der Waals surface area contributed by atoms with Crippen LogP contribution in [0.25, 0.3) is 0 Å². The first kappa shape index (κ1) is 20.5. The van der Waals surface area contributed by atoms with E-state index in [1.165, 1.54) is 0 Å². The van der Waals surface area contributed by atoms with Crippen molar-refractivity contribution in [3.8, 4) is 0 Å². The molecule has 2 rings (SSSR count). The van der Waals surface area contributed by atoms with Crippen LogP contribution in [0.1, 0.15) is 33.1 Å². The van der Waals surface area contributed by atoms with Crippen LogP contribution in [0.2, 0.25) is 0 Å². The molecule has 0 aromatic carbocycles. The summed E-state index contributed by atoms with van der Waals surface area (Å²) in [6, 6.07) is 0.00543. The van der Waals surface area contributed by atoms with Gasteiger partial charge >= 0.3 is 0 Å². The van der Waals surface area contributed by atoms with Crippen molar-refractivity contribution in [1.29, 1.82) is 0 Å². The zero-order chi connectivity index (χ0) is 15.9. The number of guanidine groups is 1. The molecule has 7 heteroatoms. The molecule has 0 saturated carbocycles. The van der Waals surface area contributed by atoms with Crippen molar-refractivity contribution in [2.75, 3.05) is 52.9 Å². The lowest BCUT2D eigenvalue weighted by atomic mass is 10.2. The Morgan fingerprint density at radius 3 is 2.22 bits per heavy atom. The minimum Gasteiger partial charge on any atom is -0.356 e. The van der Waals surface area contributed by atoms with Crippen LogP contribution >= 0.6 is 24.0 Å². The molecule has 1 unspecified atom stereocenters. The van der Waals surface area contributed by atoms with Crippen LogP contribution in [0, 0.1) is 0 Å². The molecule has 6 nitrogen and oxygen atoms in total. The lowest BCUT2D eigenvalue weighted by molar-refractivity contribution is -0.135. The Balaban J connectivity index is 0.00000264. The summed E-state index contributed by atoms with van der Waals surface area (Å²) in [5.74, 6) is 1.29. The largest absolute Gasteiger partial charge is 0.356 e. The van der Waals surface area contributed by atoms with E-state index in [2.05, 4.69) is 34.0 Å². The summed E-state index contributed by atoms with van der Waals surface area (Å²) in [6.07, 6.45) is 3.41. The zero-order valence-electron chi connectivity index (χ0n) is 14.8. The molecule has 2 fully saturated rings. The van der Waals surface area contributed by atoms with Gasteiger partial charge in [-0.3, -0.25) is 14.7 Å². The van der Waals surface area contributed by atoms with Crippen molar-refractivity contribution in [2.45, 2.75) is 39.2 Å². The first-order chi connectivity index (χ1) is 10.7. The van der Waals surface area contributed by atoms with Crippen LogP contribution in [-0.2, 0) is 4.79 Å². The molecule has 2 heterocycles. The van der Waals surface area contributed by atoms with Gasteiger partial charge in [-0.1, -0.05) is 6.92 Å². The van der Waals surface area contributed by atoms with Crippen LogP contribution in [0.3, 0.4) is 0 Å². The van der Waals surface area contributed by atoms with Crippen molar-refractivity contribution in [1.82, 2.24) is 20.0 Å². The third kappa shape index (κ3) is 5.48. The van der Waals surface area contributed by atoms with Crippen molar-refractivity contribution >= 4 is 35.8 Å². The normalized spacial score (nSPS) is 21.1. The fraction of sp³-hybridized carbons (Fsp3) is 0.875. The summed E-state index contributed by atoms with van der Waals surface area (Å²) >= 11 is 0. The van der Waals surface area contributed by atoms with Gasteiger partial charge in [0.1, 0.15) is 0 Å². The number of halogens is 1. The highest BCUT2D eigenvalue weighted by molar-refractivity contribution is 14.0. The third-order valence-electron chi connectivity index (χ3n) is 4.68. The highest BCUT2D eigenvalue weighted by Gasteiger charge is 2.30. The SMILES string of the molecule is CCCNC(=NC)N1CCN(C(C)C(=O)N2CCCC2)CC1.I. The van der Waals surface area contributed by atoms with E-state index in [0.717, 1.165) is 71.0 Å². The molecule has 134 valence electrons. The summed E-state index contributed by atoms with van der Waals surface area (Å²) in [6.45, 7) is 10.8. The van der Waals surface area contributed by atoms with Crippen molar-refractivity contribution in [3.05, 3.63) is 0 Å². The second-order valence-corrected chi connectivity index (χ2v) is 6.21. The van der Waals surface area contributed by atoms with Gasteiger partial charge in [0.05, 0.1) is 6.04 Å². The first-order valence-electron chi connectivity index (χ1n) is 8.65. The number of nitrogens with one attached hydrogen (secondary N) is 1. The Kier molecular flexibility index (Phi) is 9.19. The van der Waals surface area contributed by atoms with Gasteiger partial charge in [-0.2, -0.15) is 0 Å². The van der Waals surface area contributed by atoms with Crippen LogP contribution < -0.4 is 5.32 Å². The molecule has 2 aliphatic rings. The number of rotatable bonds is 4. The molecule has 0 aromatic heterocycles. The second kappa shape index (κ2) is 10.3. The molecule has 2 saturated heterocycles. The number of amides is 1. The lowest BCUT2D eigenvalue weighted by Crippen LogP contribution is -2.57. The molecular formula is C16H32IN5O. The Bertz CT molecular complexity index is 390. The Labute approximate surface area is 157 Å². The minimum atomic E-state index is 0. The van der Waals surface area contributed by atoms with E-state index < -0.39 is 0 Å². The first-order valence-corrected chi connectivity index (χ1v) is 8.65. The molecule has 0 aliphatic carbocycles. The molecule has 1 atom stereocenters. The van der Waals surface area contributed by atoms with E-state index in [1.54, 1.807) is 0 Å². The maximum Gasteiger partial charge on any atom is 0.239 e. The summed E-state index contributed by atoms with van der Waals surface area (Å²) in [5, 5.41) is 3.38. The van der Waals surface area contributed by atoms with Gasteiger partial charge < -0.3 is 15.1 Å². The smallest absolute Gasteiger partial charge is 0.239 e. The van der Waals surface area contributed by atoms with E-state index in [9.17, 15) is 4.79 Å². The van der Waals surface area contributed by atoms with Gasteiger partial charge in [-0.05, 0) is 26.2 Å².